The molecule has 4 N–H and O–H groups in total. The van der Waals surface area contributed by atoms with E-state index in [4.69, 9.17) is 11.5 Å². The van der Waals surface area contributed by atoms with Gasteiger partial charge in [-0.25, -0.2) is 0 Å². The second-order valence-corrected chi connectivity index (χ2v) is 1.79. The lowest BCUT2D eigenvalue weighted by atomic mass is 10.2. The summed E-state index contributed by atoms with van der Waals surface area (Å²) in [6.07, 6.45) is 1.92. The van der Waals surface area contributed by atoms with Crippen molar-refractivity contribution >= 4 is 0 Å². The van der Waals surface area contributed by atoms with E-state index in [9.17, 15) is 0 Å². The summed E-state index contributed by atoms with van der Waals surface area (Å²) in [5, 5.41) is 0. The zero-order valence-electron chi connectivity index (χ0n) is 4.72. The van der Waals surface area contributed by atoms with Crippen molar-refractivity contribution in [2.45, 2.75) is 25.8 Å². The molecule has 0 spiro atoms. The quantitative estimate of drug-likeness (QED) is 0.535. The van der Waals surface area contributed by atoms with E-state index in [0.717, 1.165) is 12.8 Å². The normalized spacial score (nSPS) is 14.1. The van der Waals surface area contributed by atoms with Crippen molar-refractivity contribution in [3.63, 3.8) is 0 Å². The van der Waals surface area contributed by atoms with Crippen molar-refractivity contribution in [2.24, 2.45) is 11.5 Å². The van der Waals surface area contributed by atoms with E-state index in [2.05, 4.69) is 0 Å². The Kier molecular flexibility index (Phi) is 4.04. The summed E-state index contributed by atoms with van der Waals surface area (Å²) in [4.78, 5) is 0. The third kappa shape index (κ3) is 5.92. The van der Waals surface area contributed by atoms with E-state index in [1.54, 1.807) is 6.54 Å². The molecule has 0 fully saturated rings. The molecule has 0 amide bonds. The van der Waals surface area contributed by atoms with E-state index in [1.807, 2.05) is 6.92 Å². The first-order valence-corrected chi connectivity index (χ1v) is 2.56. The van der Waals surface area contributed by atoms with Crippen LogP contribution in [0.1, 0.15) is 19.8 Å². The molecule has 7 heavy (non-hydrogen) atoms. The van der Waals surface area contributed by atoms with Gasteiger partial charge in [-0.2, -0.15) is 0 Å². The summed E-state index contributed by atoms with van der Waals surface area (Å²) in [6.45, 7) is 3.62. The van der Waals surface area contributed by atoms with Crippen LogP contribution in [0, 0.1) is 6.54 Å². The first-order valence-electron chi connectivity index (χ1n) is 2.56. The van der Waals surface area contributed by atoms with Crippen LogP contribution in [-0.2, 0) is 0 Å². The molecule has 43 valence electrons. The number of nitrogens with two attached hydrogens (primary N) is 2. The molecule has 0 saturated carbocycles. The van der Waals surface area contributed by atoms with Crippen molar-refractivity contribution in [3.05, 3.63) is 6.54 Å². The van der Waals surface area contributed by atoms with E-state index < -0.39 is 0 Å². The van der Waals surface area contributed by atoms with Crippen LogP contribution in [0.25, 0.3) is 0 Å². The van der Waals surface area contributed by atoms with Gasteiger partial charge in [0.2, 0.25) is 0 Å². The second-order valence-electron chi connectivity index (χ2n) is 1.79. The molecule has 1 radical (unpaired) electrons. The predicted molar refractivity (Wildman–Crippen MR) is 31.4 cm³/mol. The summed E-state index contributed by atoms with van der Waals surface area (Å²) < 4.78 is 0. The van der Waals surface area contributed by atoms with Crippen molar-refractivity contribution in [1.29, 1.82) is 0 Å². The lowest BCUT2D eigenvalue weighted by Gasteiger charge is -1.99. The highest BCUT2D eigenvalue weighted by Crippen LogP contribution is 1.91. The Balaban J connectivity index is 2.68. The fourth-order valence-corrected chi connectivity index (χ4v) is 0.359. The van der Waals surface area contributed by atoms with E-state index in [1.165, 1.54) is 0 Å². The molecular formula is C5H13N2. The Hall–Kier alpha value is -0.0800. The molecular weight excluding hydrogens is 88.1 g/mol. The fourth-order valence-electron chi connectivity index (χ4n) is 0.359. The van der Waals surface area contributed by atoms with Gasteiger partial charge in [0.1, 0.15) is 0 Å². The van der Waals surface area contributed by atoms with Gasteiger partial charge in [0.15, 0.2) is 0 Å². The molecule has 0 rings (SSSR count). The highest BCUT2D eigenvalue weighted by atomic mass is 14.6. The van der Waals surface area contributed by atoms with E-state index in [0.29, 0.717) is 6.04 Å². The van der Waals surface area contributed by atoms with Crippen LogP contribution in [-0.4, -0.2) is 6.04 Å². The first-order chi connectivity index (χ1) is 3.27. The highest BCUT2D eigenvalue weighted by molar-refractivity contribution is 4.59. The summed E-state index contributed by atoms with van der Waals surface area (Å²) in [7, 11) is 0. The molecule has 0 aliphatic heterocycles. The van der Waals surface area contributed by atoms with Crippen molar-refractivity contribution in [1.82, 2.24) is 0 Å². The standard InChI is InChI=1S/C5H13N2/c1-5(7)3-2-4-6/h4-5H,2-3,6-7H2,1H3/t5-/m0/s1. The minimum Gasteiger partial charge on any atom is -0.328 e. The maximum atomic E-state index is 5.40. The van der Waals surface area contributed by atoms with Crippen LogP contribution < -0.4 is 11.5 Å². The molecule has 0 aromatic heterocycles. The van der Waals surface area contributed by atoms with Crippen LogP contribution in [0.4, 0.5) is 0 Å². The van der Waals surface area contributed by atoms with Crippen LogP contribution in [0.3, 0.4) is 0 Å². The van der Waals surface area contributed by atoms with Crippen LogP contribution in [0.15, 0.2) is 0 Å². The molecule has 0 heterocycles. The Labute approximate surface area is 44.9 Å². The molecule has 0 aliphatic rings. The molecule has 0 aromatic carbocycles. The van der Waals surface area contributed by atoms with Gasteiger partial charge >= 0.3 is 0 Å². The Morgan fingerprint density at radius 2 is 2.29 bits per heavy atom. The average Bonchev–Trinajstić information content (AvgIpc) is 1.61. The zero-order valence-corrected chi connectivity index (χ0v) is 4.72. The number of hydrogen-bond acceptors (Lipinski definition) is 2. The molecule has 0 aromatic rings. The minimum atomic E-state index is 0.291. The van der Waals surface area contributed by atoms with Gasteiger partial charge in [-0.1, -0.05) is 0 Å². The molecule has 0 unspecified atom stereocenters. The zero-order chi connectivity index (χ0) is 5.70. The maximum absolute atomic E-state index is 5.40. The lowest BCUT2D eigenvalue weighted by molar-refractivity contribution is 0.657. The molecule has 0 saturated heterocycles. The fraction of sp³-hybridized carbons (Fsp3) is 0.800. The lowest BCUT2D eigenvalue weighted by Crippen LogP contribution is -2.14. The van der Waals surface area contributed by atoms with Gasteiger partial charge in [-0.05, 0) is 19.8 Å². The molecule has 2 heteroatoms. The van der Waals surface area contributed by atoms with Gasteiger partial charge in [-0.15, -0.1) is 0 Å². The summed E-state index contributed by atoms with van der Waals surface area (Å²) in [5.41, 5.74) is 10.5. The van der Waals surface area contributed by atoms with Crippen LogP contribution in [0.5, 0.6) is 0 Å². The maximum Gasteiger partial charge on any atom is 0.0192 e. The van der Waals surface area contributed by atoms with E-state index in [-0.39, 0.29) is 0 Å². The van der Waals surface area contributed by atoms with Gasteiger partial charge in [0, 0.05) is 12.6 Å². The second kappa shape index (κ2) is 4.09. The number of rotatable bonds is 3. The largest absolute Gasteiger partial charge is 0.328 e. The minimum absolute atomic E-state index is 0.291. The SMILES string of the molecule is C[C@H](N)CC[CH]N. The third-order valence-corrected chi connectivity index (χ3v) is 0.789. The molecule has 0 bridgehead atoms. The average molecular weight is 101 g/mol. The Bertz CT molecular complexity index is 35.1. The highest BCUT2D eigenvalue weighted by Gasteiger charge is 1.89. The predicted octanol–water partition coefficient (Wildman–Crippen LogP) is 0.234. The molecule has 1 atom stereocenters. The van der Waals surface area contributed by atoms with Crippen LogP contribution >= 0.6 is 0 Å². The summed E-state index contributed by atoms with van der Waals surface area (Å²) in [6, 6.07) is 0.291. The van der Waals surface area contributed by atoms with Crippen molar-refractivity contribution in [3.8, 4) is 0 Å². The van der Waals surface area contributed by atoms with E-state index >= 15 is 0 Å². The van der Waals surface area contributed by atoms with Crippen LogP contribution in [0.2, 0.25) is 0 Å². The van der Waals surface area contributed by atoms with Crippen molar-refractivity contribution < 1.29 is 0 Å². The van der Waals surface area contributed by atoms with Gasteiger partial charge in [0.05, 0.1) is 0 Å². The van der Waals surface area contributed by atoms with Gasteiger partial charge < -0.3 is 11.5 Å². The Morgan fingerprint density at radius 1 is 1.71 bits per heavy atom. The molecule has 0 aliphatic carbocycles. The van der Waals surface area contributed by atoms with Gasteiger partial charge in [-0.3, -0.25) is 0 Å². The Morgan fingerprint density at radius 3 is 2.43 bits per heavy atom. The molecule has 2 nitrogen and oxygen atoms in total. The monoisotopic (exact) mass is 101 g/mol. The van der Waals surface area contributed by atoms with Crippen molar-refractivity contribution in [2.75, 3.05) is 0 Å². The van der Waals surface area contributed by atoms with Gasteiger partial charge in [0.25, 0.3) is 0 Å². The number of hydrogen-bond donors (Lipinski definition) is 2. The smallest absolute Gasteiger partial charge is 0.0192 e. The third-order valence-electron chi connectivity index (χ3n) is 0.789. The summed E-state index contributed by atoms with van der Waals surface area (Å²) >= 11 is 0. The first kappa shape index (κ1) is 6.92. The topological polar surface area (TPSA) is 52.0 Å². The summed E-state index contributed by atoms with van der Waals surface area (Å²) in [5.74, 6) is 0.